The van der Waals surface area contributed by atoms with Crippen LogP contribution in [-0.2, 0) is 0 Å². The van der Waals surface area contributed by atoms with Crippen LogP contribution in [0.4, 0.5) is 0 Å². The minimum atomic E-state index is 0.607. The number of rotatable bonds is 6. The highest BCUT2D eigenvalue weighted by Gasteiger charge is 2.02. The summed E-state index contributed by atoms with van der Waals surface area (Å²) in [5.41, 5.74) is 2.81. The summed E-state index contributed by atoms with van der Waals surface area (Å²) in [7, 11) is 0. The van der Waals surface area contributed by atoms with Crippen LogP contribution in [0, 0.1) is 5.92 Å². The Morgan fingerprint density at radius 1 is 1.50 bits per heavy atom. The lowest BCUT2D eigenvalue weighted by Gasteiger charge is -2.09. The standard InChI is InChI=1S/C16H24/c1-4-14(2)11-12-15(3)13-16-9-7-5-6-8-10-16/h4,7,9-10,14H,1,3,5-6,8,11-13H2,2H3. The predicted molar refractivity (Wildman–Crippen MR) is 73.4 cm³/mol. The Morgan fingerprint density at radius 2 is 2.31 bits per heavy atom. The smallest absolute Gasteiger partial charge is 0.00731 e. The van der Waals surface area contributed by atoms with Crippen LogP contribution in [0.15, 0.2) is 48.6 Å². The van der Waals surface area contributed by atoms with Crippen molar-refractivity contribution in [1.29, 1.82) is 0 Å². The van der Waals surface area contributed by atoms with Gasteiger partial charge in [0.05, 0.1) is 0 Å². The topological polar surface area (TPSA) is 0 Å². The third kappa shape index (κ3) is 5.16. The van der Waals surface area contributed by atoms with Crippen LogP contribution < -0.4 is 0 Å². The average Bonchev–Trinajstić information content (AvgIpc) is 2.54. The van der Waals surface area contributed by atoms with Gasteiger partial charge in [-0.15, -0.1) is 6.58 Å². The minimum Gasteiger partial charge on any atom is -0.103 e. The molecule has 0 saturated heterocycles. The molecule has 0 nitrogen and oxygen atoms in total. The van der Waals surface area contributed by atoms with E-state index in [9.17, 15) is 0 Å². The Bertz CT molecular complexity index is 291. The van der Waals surface area contributed by atoms with Gasteiger partial charge in [0.25, 0.3) is 0 Å². The Hall–Kier alpha value is -1.04. The van der Waals surface area contributed by atoms with Gasteiger partial charge in [-0.1, -0.05) is 43.4 Å². The molecule has 0 saturated carbocycles. The van der Waals surface area contributed by atoms with E-state index >= 15 is 0 Å². The van der Waals surface area contributed by atoms with E-state index < -0.39 is 0 Å². The largest absolute Gasteiger partial charge is 0.103 e. The molecule has 1 aliphatic rings. The molecule has 0 bridgehead atoms. The summed E-state index contributed by atoms with van der Waals surface area (Å²) < 4.78 is 0. The van der Waals surface area contributed by atoms with Gasteiger partial charge in [0.2, 0.25) is 0 Å². The van der Waals surface area contributed by atoms with E-state index in [-0.39, 0.29) is 0 Å². The molecule has 0 aliphatic heterocycles. The number of allylic oxidation sites excluding steroid dienone is 6. The van der Waals surface area contributed by atoms with Crippen molar-refractivity contribution in [2.24, 2.45) is 5.92 Å². The summed E-state index contributed by atoms with van der Waals surface area (Å²) in [6.07, 6.45) is 16.0. The van der Waals surface area contributed by atoms with Crippen LogP contribution in [0.25, 0.3) is 0 Å². The van der Waals surface area contributed by atoms with Crippen molar-refractivity contribution in [3.05, 3.63) is 48.6 Å². The zero-order valence-electron chi connectivity index (χ0n) is 10.5. The van der Waals surface area contributed by atoms with Gasteiger partial charge >= 0.3 is 0 Å². The third-order valence-electron chi connectivity index (χ3n) is 3.12. The first-order valence-corrected chi connectivity index (χ1v) is 6.37. The van der Waals surface area contributed by atoms with E-state index in [1.54, 1.807) is 0 Å². The van der Waals surface area contributed by atoms with E-state index in [2.05, 4.69) is 38.3 Å². The summed E-state index contributed by atoms with van der Waals surface area (Å²) in [6.45, 7) is 10.2. The van der Waals surface area contributed by atoms with Crippen molar-refractivity contribution < 1.29 is 0 Å². The minimum absolute atomic E-state index is 0.607. The van der Waals surface area contributed by atoms with Gasteiger partial charge in [-0.05, 0) is 50.0 Å². The van der Waals surface area contributed by atoms with Crippen LogP contribution >= 0.6 is 0 Å². The molecule has 0 aromatic carbocycles. The SMILES string of the molecule is C=CC(C)CCC(=C)CC1=CCCCC=C1. The predicted octanol–water partition coefficient (Wildman–Crippen LogP) is 5.20. The maximum Gasteiger partial charge on any atom is -0.00731 e. The molecule has 1 aliphatic carbocycles. The van der Waals surface area contributed by atoms with Gasteiger partial charge in [0.15, 0.2) is 0 Å². The van der Waals surface area contributed by atoms with Gasteiger partial charge in [0, 0.05) is 0 Å². The normalized spacial score (nSPS) is 17.4. The maximum absolute atomic E-state index is 4.18. The Kier molecular flexibility index (Phi) is 5.92. The second-order valence-electron chi connectivity index (χ2n) is 4.79. The molecule has 16 heavy (non-hydrogen) atoms. The molecular formula is C16H24. The fraction of sp³-hybridized carbons (Fsp3) is 0.500. The van der Waals surface area contributed by atoms with Crippen molar-refractivity contribution in [2.75, 3.05) is 0 Å². The highest BCUT2D eigenvalue weighted by atomic mass is 14.1. The van der Waals surface area contributed by atoms with E-state index in [1.807, 2.05) is 6.08 Å². The van der Waals surface area contributed by atoms with Crippen molar-refractivity contribution >= 4 is 0 Å². The van der Waals surface area contributed by atoms with E-state index in [0.717, 1.165) is 12.8 Å². The zero-order chi connectivity index (χ0) is 11.8. The molecule has 88 valence electrons. The summed E-state index contributed by atoms with van der Waals surface area (Å²) in [5.74, 6) is 0.607. The molecule has 0 heteroatoms. The zero-order valence-corrected chi connectivity index (χ0v) is 10.5. The second-order valence-corrected chi connectivity index (χ2v) is 4.79. The molecule has 0 spiro atoms. The van der Waals surface area contributed by atoms with Crippen molar-refractivity contribution in [3.63, 3.8) is 0 Å². The number of hydrogen-bond acceptors (Lipinski definition) is 0. The van der Waals surface area contributed by atoms with Crippen LogP contribution in [0.1, 0.15) is 45.4 Å². The third-order valence-corrected chi connectivity index (χ3v) is 3.12. The summed E-state index contributed by atoms with van der Waals surface area (Å²) in [4.78, 5) is 0. The average molecular weight is 216 g/mol. The molecular weight excluding hydrogens is 192 g/mol. The van der Waals surface area contributed by atoms with Gasteiger partial charge in [-0.3, -0.25) is 0 Å². The molecule has 0 N–H and O–H groups in total. The quantitative estimate of drug-likeness (QED) is 0.535. The molecule has 0 aromatic heterocycles. The van der Waals surface area contributed by atoms with Gasteiger partial charge in [-0.2, -0.15) is 0 Å². The molecule has 0 aromatic rings. The monoisotopic (exact) mass is 216 g/mol. The lowest BCUT2D eigenvalue weighted by Crippen LogP contribution is -1.92. The Morgan fingerprint density at radius 3 is 3.06 bits per heavy atom. The lowest BCUT2D eigenvalue weighted by molar-refractivity contribution is 0.641. The second kappa shape index (κ2) is 7.27. The van der Waals surface area contributed by atoms with Crippen molar-refractivity contribution in [3.8, 4) is 0 Å². The molecule has 0 radical (unpaired) electrons. The fourth-order valence-electron chi connectivity index (χ4n) is 1.88. The maximum atomic E-state index is 4.18. The van der Waals surface area contributed by atoms with E-state index in [0.29, 0.717) is 5.92 Å². The molecule has 1 atom stereocenters. The van der Waals surface area contributed by atoms with Crippen LogP contribution in [0.5, 0.6) is 0 Å². The fourth-order valence-corrected chi connectivity index (χ4v) is 1.88. The molecule has 1 rings (SSSR count). The highest BCUT2D eigenvalue weighted by Crippen LogP contribution is 2.21. The van der Waals surface area contributed by atoms with Crippen LogP contribution in [0.3, 0.4) is 0 Å². The van der Waals surface area contributed by atoms with Crippen LogP contribution in [0.2, 0.25) is 0 Å². The van der Waals surface area contributed by atoms with Crippen molar-refractivity contribution in [2.45, 2.75) is 45.4 Å². The highest BCUT2D eigenvalue weighted by molar-refractivity contribution is 5.25. The summed E-state index contributed by atoms with van der Waals surface area (Å²) in [5, 5.41) is 0. The Labute approximate surface area is 100 Å². The summed E-state index contributed by atoms with van der Waals surface area (Å²) in [6, 6.07) is 0. The van der Waals surface area contributed by atoms with Gasteiger partial charge in [-0.25, -0.2) is 0 Å². The molecule has 0 heterocycles. The van der Waals surface area contributed by atoms with Crippen molar-refractivity contribution in [1.82, 2.24) is 0 Å². The van der Waals surface area contributed by atoms with Gasteiger partial charge in [0.1, 0.15) is 0 Å². The van der Waals surface area contributed by atoms with Crippen LogP contribution in [-0.4, -0.2) is 0 Å². The molecule has 0 amide bonds. The number of hydrogen-bond donors (Lipinski definition) is 0. The molecule has 0 fully saturated rings. The first-order chi connectivity index (χ1) is 7.72. The first-order valence-electron chi connectivity index (χ1n) is 6.37. The summed E-state index contributed by atoms with van der Waals surface area (Å²) >= 11 is 0. The molecule has 1 unspecified atom stereocenters. The van der Waals surface area contributed by atoms with Gasteiger partial charge < -0.3 is 0 Å². The first kappa shape index (κ1) is 13.0. The Balaban J connectivity index is 2.32. The van der Waals surface area contributed by atoms with E-state index in [1.165, 1.54) is 36.8 Å². The van der Waals surface area contributed by atoms with E-state index in [4.69, 9.17) is 0 Å². The lowest BCUT2D eigenvalue weighted by atomic mass is 9.97.